The molecule has 0 heterocycles. The quantitative estimate of drug-likeness (QED) is 0.785. The summed E-state index contributed by atoms with van der Waals surface area (Å²) in [6, 6.07) is 4.25. The van der Waals surface area contributed by atoms with E-state index >= 15 is 0 Å². The SMILES string of the molecule is OC1(Cc2cc(F)ccc2Cl)C=CCCC1. The molecule has 0 saturated carbocycles. The van der Waals surface area contributed by atoms with Gasteiger partial charge >= 0.3 is 0 Å². The van der Waals surface area contributed by atoms with Gasteiger partial charge in [-0.25, -0.2) is 4.39 Å². The summed E-state index contributed by atoms with van der Waals surface area (Å²) in [6.45, 7) is 0. The van der Waals surface area contributed by atoms with Gasteiger partial charge in [-0.05, 0) is 43.0 Å². The highest BCUT2D eigenvalue weighted by molar-refractivity contribution is 6.31. The molecule has 1 aliphatic rings. The van der Waals surface area contributed by atoms with E-state index in [9.17, 15) is 9.50 Å². The van der Waals surface area contributed by atoms with Gasteiger partial charge in [0.05, 0.1) is 5.60 Å². The van der Waals surface area contributed by atoms with Gasteiger partial charge in [-0.2, -0.15) is 0 Å². The molecule has 0 fully saturated rings. The van der Waals surface area contributed by atoms with Crippen molar-refractivity contribution in [1.29, 1.82) is 0 Å². The van der Waals surface area contributed by atoms with E-state index in [2.05, 4.69) is 0 Å². The van der Waals surface area contributed by atoms with Gasteiger partial charge in [0, 0.05) is 11.4 Å². The monoisotopic (exact) mass is 240 g/mol. The molecule has 1 aromatic carbocycles. The third kappa shape index (κ3) is 2.63. The summed E-state index contributed by atoms with van der Waals surface area (Å²) in [6.07, 6.45) is 6.81. The Kier molecular flexibility index (Phi) is 3.31. The number of halogens is 2. The van der Waals surface area contributed by atoms with E-state index in [4.69, 9.17) is 11.6 Å². The van der Waals surface area contributed by atoms with Crippen molar-refractivity contribution in [1.82, 2.24) is 0 Å². The van der Waals surface area contributed by atoms with Crippen LogP contribution in [0.1, 0.15) is 24.8 Å². The van der Waals surface area contributed by atoms with Gasteiger partial charge in [-0.1, -0.05) is 23.8 Å². The van der Waals surface area contributed by atoms with Crippen LogP contribution in [0, 0.1) is 5.82 Å². The Morgan fingerprint density at radius 1 is 1.44 bits per heavy atom. The van der Waals surface area contributed by atoms with Crippen LogP contribution in [0.3, 0.4) is 0 Å². The Hall–Kier alpha value is -0.860. The molecule has 86 valence electrons. The van der Waals surface area contributed by atoms with E-state index < -0.39 is 5.60 Å². The average Bonchev–Trinajstić information content (AvgIpc) is 2.24. The molecule has 0 saturated heterocycles. The van der Waals surface area contributed by atoms with Gasteiger partial charge in [-0.3, -0.25) is 0 Å². The molecule has 0 aromatic heterocycles. The predicted octanol–water partition coefficient (Wildman–Crippen LogP) is 3.49. The lowest BCUT2D eigenvalue weighted by Crippen LogP contribution is -2.30. The fraction of sp³-hybridized carbons (Fsp3) is 0.385. The number of rotatable bonds is 2. The van der Waals surface area contributed by atoms with Crippen molar-refractivity contribution >= 4 is 11.6 Å². The predicted molar refractivity (Wildman–Crippen MR) is 63.1 cm³/mol. The molecule has 0 aliphatic heterocycles. The molecular formula is C13H14ClFO. The van der Waals surface area contributed by atoms with Crippen molar-refractivity contribution in [2.45, 2.75) is 31.3 Å². The summed E-state index contributed by atoms with van der Waals surface area (Å²) in [5, 5.41) is 10.8. The molecule has 0 bridgehead atoms. The van der Waals surface area contributed by atoms with Crippen LogP contribution in [-0.4, -0.2) is 10.7 Å². The number of benzene rings is 1. The Balaban J connectivity index is 2.22. The summed E-state index contributed by atoms with van der Waals surface area (Å²) in [7, 11) is 0. The molecule has 0 radical (unpaired) electrons. The summed E-state index contributed by atoms with van der Waals surface area (Å²) < 4.78 is 13.1. The zero-order valence-electron chi connectivity index (χ0n) is 8.92. The maximum atomic E-state index is 13.1. The second-order valence-electron chi connectivity index (χ2n) is 4.31. The van der Waals surface area contributed by atoms with Crippen LogP contribution >= 0.6 is 11.6 Å². The van der Waals surface area contributed by atoms with Crippen LogP contribution < -0.4 is 0 Å². The number of hydrogen-bond acceptors (Lipinski definition) is 1. The van der Waals surface area contributed by atoms with Crippen LogP contribution in [0.5, 0.6) is 0 Å². The van der Waals surface area contributed by atoms with Crippen LogP contribution in [0.25, 0.3) is 0 Å². The summed E-state index contributed by atoms with van der Waals surface area (Å²) >= 11 is 5.98. The Bertz CT molecular complexity index is 416. The van der Waals surface area contributed by atoms with Gasteiger partial charge < -0.3 is 5.11 Å². The van der Waals surface area contributed by atoms with E-state index in [0.717, 1.165) is 12.8 Å². The Morgan fingerprint density at radius 2 is 2.25 bits per heavy atom. The second-order valence-corrected chi connectivity index (χ2v) is 4.72. The first-order valence-electron chi connectivity index (χ1n) is 5.43. The zero-order chi connectivity index (χ0) is 11.6. The molecule has 1 aromatic rings. The van der Waals surface area contributed by atoms with Crippen LogP contribution in [0.2, 0.25) is 5.02 Å². The molecule has 1 N–H and O–H groups in total. The summed E-state index contributed by atoms with van der Waals surface area (Å²) in [5.41, 5.74) is -0.203. The standard InChI is InChI=1S/C13H14ClFO/c14-12-5-4-11(15)8-10(12)9-13(16)6-2-1-3-7-13/h2,4-6,8,16H,1,3,7,9H2. The highest BCUT2D eigenvalue weighted by atomic mass is 35.5. The van der Waals surface area contributed by atoms with Crippen molar-refractivity contribution in [3.63, 3.8) is 0 Å². The smallest absolute Gasteiger partial charge is 0.123 e. The first-order chi connectivity index (χ1) is 7.59. The van der Waals surface area contributed by atoms with Crippen molar-refractivity contribution in [2.24, 2.45) is 0 Å². The first-order valence-corrected chi connectivity index (χ1v) is 5.81. The first kappa shape index (κ1) is 11.6. The Morgan fingerprint density at radius 3 is 2.94 bits per heavy atom. The number of hydrogen-bond donors (Lipinski definition) is 1. The fourth-order valence-electron chi connectivity index (χ4n) is 2.07. The second kappa shape index (κ2) is 4.56. The van der Waals surface area contributed by atoms with Crippen molar-refractivity contribution in [3.05, 3.63) is 46.8 Å². The lowest BCUT2D eigenvalue weighted by molar-refractivity contribution is 0.0751. The largest absolute Gasteiger partial charge is 0.385 e. The van der Waals surface area contributed by atoms with Gasteiger partial charge in [0.2, 0.25) is 0 Å². The average molecular weight is 241 g/mol. The maximum Gasteiger partial charge on any atom is 0.123 e. The molecule has 16 heavy (non-hydrogen) atoms. The minimum Gasteiger partial charge on any atom is -0.385 e. The van der Waals surface area contributed by atoms with Crippen molar-refractivity contribution in [2.75, 3.05) is 0 Å². The molecule has 1 unspecified atom stereocenters. The fourth-order valence-corrected chi connectivity index (χ4v) is 2.25. The topological polar surface area (TPSA) is 20.2 Å². The van der Waals surface area contributed by atoms with E-state index in [0.29, 0.717) is 23.4 Å². The molecule has 2 rings (SSSR count). The lowest BCUT2D eigenvalue weighted by atomic mass is 9.85. The number of aliphatic hydroxyl groups is 1. The van der Waals surface area contributed by atoms with Crippen molar-refractivity contribution < 1.29 is 9.50 Å². The highest BCUT2D eigenvalue weighted by Crippen LogP contribution is 2.29. The van der Waals surface area contributed by atoms with E-state index in [-0.39, 0.29) is 5.82 Å². The minimum absolute atomic E-state index is 0.317. The molecule has 1 nitrogen and oxygen atoms in total. The maximum absolute atomic E-state index is 13.1. The van der Waals surface area contributed by atoms with Crippen LogP contribution in [-0.2, 0) is 6.42 Å². The molecule has 0 spiro atoms. The number of allylic oxidation sites excluding steroid dienone is 1. The summed E-state index contributed by atoms with van der Waals surface area (Å²) in [5.74, 6) is -0.317. The Labute approximate surface area is 99.6 Å². The van der Waals surface area contributed by atoms with Gasteiger partial charge in [0.25, 0.3) is 0 Å². The molecule has 3 heteroatoms. The van der Waals surface area contributed by atoms with Gasteiger partial charge in [0.1, 0.15) is 5.82 Å². The third-order valence-corrected chi connectivity index (χ3v) is 3.28. The van der Waals surface area contributed by atoms with Gasteiger partial charge in [-0.15, -0.1) is 0 Å². The lowest BCUT2D eigenvalue weighted by Gasteiger charge is -2.27. The normalized spacial score (nSPS) is 24.7. The van der Waals surface area contributed by atoms with Gasteiger partial charge in [0.15, 0.2) is 0 Å². The minimum atomic E-state index is -0.865. The van der Waals surface area contributed by atoms with E-state index in [1.165, 1.54) is 18.2 Å². The van der Waals surface area contributed by atoms with E-state index in [1.54, 1.807) is 6.08 Å². The third-order valence-electron chi connectivity index (χ3n) is 2.91. The summed E-state index contributed by atoms with van der Waals surface area (Å²) in [4.78, 5) is 0. The molecule has 1 aliphatic carbocycles. The molecular weight excluding hydrogens is 227 g/mol. The van der Waals surface area contributed by atoms with Crippen LogP contribution in [0.4, 0.5) is 4.39 Å². The zero-order valence-corrected chi connectivity index (χ0v) is 9.67. The highest BCUT2D eigenvalue weighted by Gasteiger charge is 2.26. The van der Waals surface area contributed by atoms with Crippen molar-refractivity contribution in [3.8, 4) is 0 Å². The van der Waals surface area contributed by atoms with E-state index in [1.807, 2.05) is 6.08 Å². The molecule has 1 atom stereocenters. The molecule has 0 amide bonds. The van der Waals surface area contributed by atoms with Crippen LogP contribution in [0.15, 0.2) is 30.4 Å².